The molecule has 0 aliphatic rings. The molecule has 1 N–H and O–H groups in total. The number of nitrogens with one attached hydrogen (secondary N) is 1. The van der Waals surface area contributed by atoms with Gasteiger partial charge in [-0.1, -0.05) is 13.3 Å². The van der Waals surface area contributed by atoms with Crippen molar-refractivity contribution in [1.29, 1.82) is 0 Å². The first-order valence-electron chi connectivity index (χ1n) is 3.96. The number of aromatic nitrogens is 2. The van der Waals surface area contributed by atoms with Gasteiger partial charge in [-0.2, -0.15) is 0 Å². The highest BCUT2D eigenvalue weighted by atomic mass is 127. The lowest BCUT2D eigenvalue weighted by Crippen LogP contribution is -2.01. The minimum absolute atomic E-state index is 0.925. The number of anilines is 1. The van der Waals surface area contributed by atoms with Crippen molar-refractivity contribution in [1.82, 2.24) is 9.97 Å². The van der Waals surface area contributed by atoms with E-state index in [1.807, 2.05) is 7.05 Å². The zero-order chi connectivity index (χ0) is 8.97. The van der Waals surface area contributed by atoms with Gasteiger partial charge in [-0.25, -0.2) is 9.97 Å². The third-order valence-corrected chi connectivity index (χ3v) is 2.72. The standard InChI is InChI=1S/C8H12IN3/c1-3-4-6-7(9)8(10-2)12-5-11-6/h5H,3-4H2,1-2H3,(H,10,11,12). The summed E-state index contributed by atoms with van der Waals surface area (Å²) in [5, 5.41) is 3.04. The van der Waals surface area contributed by atoms with Crippen molar-refractivity contribution >= 4 is 28.4 Å². The van der Waals surface area contributed by atoms with Crippen LogP contribution >= 0.6 is 22.6 Å². The van der Waals surface area contributed by atoms with Gasteiger partial charge < -0.3 is 5.32 Å². The number of hydrogen-bond donors (Lipinski definition) is 1. The molecular weight excluding hydrogens is 265 g/mol. The minimum Gasteiger partial charge on any atom is -0.372 e. The smallest absolute Gasteiger partial charge is 0.142 e. The van der Waals surface area contributed by atoms with Gasteiger partial charge in [0, 0.05) is 7.05 Å². The van der Waals surface area contributed by atoms with Crippen LogP contribution in [0.25, 0.3) is 0 Å². The summed E-state index contributed by atoms with van der Waals surface area (Å²) >= 11 is 2.28. The molecule has 0 saturated carbocycles. The van der Waals surface area contributed by atoms with E-state index in [4.69, 9.17) is 0 Å². The van der Waals surface area contributed by atoms with Crippen molar-refractivity contribution in [2.24, 2.45) is 0 Å². The Morgan fingerprint density at radius 2 is 2.25 bits per heavy atom. The molecule has 0 spiro atoms. The van der Waals surface area contributed by atoms with Gasteiger partial charge in [-0.15, -0.1) is 0 Å². The lowest BCUT2D eigenvalue weighted by Gasteiger charge is -2.05. The summed E-state index contributed by atoms with van der Waals surface area (Å²) in [4.78, 5) is 8.33. The first-order chi connectivity index (χ1) is 5.79. The molecule has 0 aliphatic carbocycles. The van der Waals surface area contributed by atoms with E-state index in [0.29, 0.717) is 0 Å². The van der Waals surface area contributed by atoms with Gasteiger partial charge in [0.2, 0.25) is 0 Å². The number of hydrogen-bond acceptors (Lipinski definition) is 3. The van der Waals surface area contributed by atoms with Crippen molar-refractivity contribution in [2.75, 3.05) is 12.4 Å². The van der Waals surface area contributed by atoms with Crippen LogP contribution < -0.4 is 5.32 Å². The van der Waals surface area contributed by atoms with E-state index in [0.717, 1.165) is 27.9 Å². The van der Waals surface area contributed by atoms with E-state index >= 15 is 0 Å². The van der Waals surface area contributed by atoms with E-state index in [2.05, 4.69) is 44.8 Å². The second-order valence-corrected chi connectivity index (χ2v) is 3.56. The predicted octanol–water partition coefficient (Wildman–Crippen LogP) is 2.08. The summed E-state index contributed by atoms with van der Waals surface area (Å²) in [5.74, 6) is 0.925. The molecule has 0 aliphatic heterocycles. The summed E-state index contributed by atoms with van der Waals surface area (Å²) in [6, 6.07) is 0. The Bertz CT molecular complexity index is 262. The third-order valence-electron chi connectivity index (χ3n) is 1.59. The highest BCUT2D eigenvalue weighted by Crippen LogP contribution is 2.17. The molecule has 3 nitrogen and oxygen atoms in total. The molecule has 0 bridgehead atoms. The maximum atomic E-state index is 4.22. The van der Waals surface area contributed by atoms with Crippen LogP contribution in [0.15, 0.2) is 6.33 Å². The number of nitrogens with zero attached hydrogens (tertiary/aromatic N) is 2. The SMILES string of the molecule is CCCc1ncnc(NC)c1I. The second-order valence-electron chi connectivity index (χ2n) is 2.48. The van der Waals surface area contributed by atoms with E-state index in [-0.39, 0.29) is 0 Å². The quantitative estimate of drug-likeness (QED) is 0.859. The topological polar surface area (TPSA) is 37.8 Å². The molecule has 1 aromatic heterocycles. The van der Waals surface area contributed by atoms with Gasteiger partial charge in [-0.05, 0) is 29.0 Å². The monoisotopic (exact) mass is 277 g/mol. The van der Waals surface area contributed by atoms with Crippen LogP contribution in [0.5, 0.6) is 0 Å². The summed E-state index contributed by atoms with van der Waals surface area (Å²) in [6.45, 7) is 2.15. The zero-order valence-electron chi connectivity index (χ0n) is 7.26. The summed E-state index contributed by atoms with van der Waals surface area (Å²) in [7, 11) is 1.88. The minimum atomic E-state index is 0.925. The molecule has 1 rings (SSSR count). The number of halogens is 1. The lowest BCUT2D eigenvalue weighted by atomic mass is 10.2. The fourth-order valence-electron chi connectivity index (χ4n) is 0.992. The molecule has 0 unspecified atom stereocenters. The molecule has 0 aromatic carbocycles. The molecule has 66 valence electrons. The maximum absolute atomic E-state index is 4.22. The molecule has 0 atom stereocenters. The molecule has 0 radical (unpaired) electrons. The first kappa shape index (κ1) is 9.70. The Morgan fingerprint density at radius 3 is 2.83 bits per heavy atom. The van der Waals surface area contributed by atoms with Crippen molar-refractivity contribution in [2.45, 2.75) is 19.8 Å². The van der Waals surface area contributed by atoms with Crippen LogP contribution in [0.3, 0.4) is 0 Å². The van der Waals surface area contributed by atoms with E-state index in [9.17, 15) is 0 Å². The fourth-order valence-corrected chi connectivity index (χ4v) is 1.81. The lowest BCUT2D eigenvalue weighted by molar-refractivity contribution is 0.865. The van der Waals surface area contributed by atoms with Gasteiger partial charge in [0.1, 0.15) is 12.1 Å². The van der Waals surface area contributed by atoms with Crippen LogP contribution in [0, 0.1) is 3.57 Å². The zero-order valence-corrected chi connectivity index (χ0v) is 9.42. The normalized spacial score (nSPS) is 9.92. The van der Waals surface area contributed by atoms with Crippen molar-refractivity contribution in [3.8, 4) is 0 Å². The van der Waals surface area contributed by atoms with Crippen LogP contribution in [0.1, 0.15) is 19.0 Å². The van der Waals surface area contributed by atoms with E-state index < -0.39 is 0 Å². The van der Waals surface area contributed by atoms with Crippen LogP contribution in [0.2, 0.25) is 0 Å². The number of aryl methyl sites for hydroxylation is 1. The maximum Gasteiger partial charge on any atom is 0.142 e. The van der Waals surface area contributed by atoms with Crippen molar-refractivity contribution in [3.05, 3.63) is 15.6 Å². The van der Waals surface area contributed by atoms with Gasteiger partial charge >= 0.3 is 0 Å². The molecule has 12 heavy (non-hydrogen) atoms. The molecule has 1 aromatic rings. The van der Waals surface area contributed by atoms with Gasteiger partial charge in [0.15, 0.2) is 0 Å². The molecule has 0 fully saturated rings. The van der Waals surface area contributed by atoms with Crippen molar-refractivity contribution in [3.63, 3.8) is 0 Å². The van der Waals surface area contributed by atoms with Crippen molar-refractivity contribution < 1.29 is 0 Å². The Labute approximate surface area is 86.1 Å². The van der Waals surface area contributed by atoms with E-state index in [1.165, 1.54) is 0 Å². The molecule has 1 heterocycles. The average molecular weight is 277 g/mol. The van der Waals surface area contributed by atoms with Crippen LogP contribution in [-0.4, -0.2) is 17.0 Å². The van der Waals surface area contributed by atoms with E-state index in [1.54, 1.807) is 6.33 Å². The third kappa shape index (κ3) is 2.06. The summed E-state index contributed by atoms with van der Waals surface area (Å²) in [6.07, 6.45) is 3.75. The second kappa shape index (κ2) is 4.59. The molecule has 0 saturated heterocycles. The highest BCUT2D eigenvalue weighted by Gasteiger charge is 2.04. The summed E-state index contributed by atoms with van der Waals surface area (Å²) in [5.41, 5.74) is 1.14. The molecule has 0 amide bonds. The van der Waals surface area contributed by atoms with Crippen LogP contribution in [-0.2, 0) is 6.42 Å². The average Bonchev–Trinajstić information content (AvgIpc) is 2.09. The molecule has 4 heteroatoms. The number of rotatable bonds is 3. The van der Waals surface area contributed by atoms with Gasteiger partial charge in [0.05, 0.1) is 9.26 Å². The largest absolute Gasteiger partial charge is 0.372 e. The summed E-state index contributed by atoms with van der Waals surface area (Å²) < 4.78 is 1.14. The van der Waals surface area contributed by atoms with Gasteiger partial charge in [0.25, 0.3) is 0 Å². The van der Waals surface area contributed by atoms with Gasteiger partial charge in [-0.3, -0.25) is 0 Å². The van der Waals surface area contributed by atoms with Crippen LogP contribution in [0.4, 0.5) is 5.82 Å². The first-order valence-corrected chi connectivity index (χ1v) is 5.04. The Kier molecular flexibility index (Phi) is 3.71. The highest BCUT2D eigenvalue weighted by molar-refractivity contribution is 14.1. The fraction of sp³-hybridized carbons (Fsp3) is 0.500. The Balaban J connectivity index is 2.97. The molecular formula is C8H12IN3. The Hall–Kier alpha value is -0.390. The Morgan fingerprint density at radius 1 is 1.50 bits per heavy atom. The predicted molar refractivity (Wildman–Crippen MR) is 58.3 cm³/mol.